The van der Waals surface area contributed by atoms with Crippen LogP contribution in [0.25, 0.3) is 11.5 Å². The molecule has 34 heavy (non-hydrogen) atoms. The number of hydrogen-bond donors (Lipinski definition) is 1. The summed E-state index contributed by atoms with van der Waals surface area (Å²) in [5, 5.41) is 9.77. The molecule has 1 aliphatic rings. The van der Waals surface area contributed by atoms with Crippen LogP contribution in [-0.4, -0.2) is 28.8 Å². The zero-order valence-electron chi connectivity index (χ0n) is 21.1. The second-order valence-electron chi connectivity index (χ2n) is 9.40. The van der Waals surface area contributed by atoms with Crippen molar-refractivity contribution in [3.63, 3.8) is 0 Å². The van der Waals surface area contributed by atoms with Crippen molar-refractivity contribution >= 4 is 5.97 Å². The SMILES string of the molecule is C=C(C)CC(C(=O)O)C1CCC(=C/C(C)OCCc2nc(-c3ccc(C)cc3)oc2C)/C1=C\C. The van der Waals surface area contributed by atoms with Crippen LogP contribution in [0.3, 0.4) is 0 Å². The zero-order valence-corrected chi connectivity index (χ0v) is 21.1. The highest BCUT2D eigenvalue weighted by Crippen LogP contribution is 2.42. The second-order valence-corrected chi connectivity index (χ2v) is 9.40. The molecule has 1 aromatic carbocycles. The predicted octanol–water partition coefficient (Wildman–Crippen LogP) is 6.86. The number of ether oxygens (including phenoxy) is 1. The Bertz CT molecular complexity index is 1070. The molecule has 0 spiro atoms. The Hall–Kier alpha value is -2.92. The maximum Gasteiger partial charge on any atom is 0.307 e. The highest BCUT2D eigenvalue weighted by atomic mass is 16.5. The van der Waals surface area contributed by atoms with Gasteiger partial charge in [-0.05, 0) is 83.1 Å². The molecule has 1 heterocycles. The highest BCUT2D eigenvalue weighted by Gasteiger charge is 2.35. The van der Waals surface area contributed by atoms with E-state index in [1.165, 1.54) is 11.1 Å². The molecule has 1 N–H and O–H groups in total. The summed E-state index contributed by atoms with van der Waals surface area (Å²) in [6.45, 7) is 14.4. The average Bonchev–Trinajstić information content (AvgIpc) is 3.35. The number of rotatable bonds is 10. The van der Waals surface area contributed by atoms with Gasteiger partial charge < -0.3 is 14.3 Å². The van der Waals surface area contributed by atoms with E-state index in [4.69, 9.17) is 9.15 Å². The maximum absolute atomic E-state index is 11.9. The van der Waals surface area contributed by atoms with Gasteiger partial charge in [0.2, 0.25) is 5.89 Å². The van der Waals surface area contributed by atoms with Gasteiger partial charge in [-0.15, -0.1) is 6.58 Å². The van der Waals surface area contributed by atoms with E-state index in [1.54, 1.807) is 0 Å². The lowest BCUT2D eigenvalue weighted by Gasteiger charge is -2.21. The van der Waals surface area contributed by atoms with Crippen molar-refractivity contribution in [2.75, 3.05) is 6.61 Å². The summed E-state index contributed by atoms with van der Waals surface area (Å²) in [4.78, 5) is 16.6. The molecular weight excluding hydrogens is 426 g/mol. The van der Waals surface area contributed by atoms with Crippen LogP contribution in [0.1, 0.15) is 57.1 Å². The third kappa shape index (κ3) is 6.35. The number of aromatic nitrogens is 1. The van der Waals surface area contributed by atoms with Crippen molar-refractivity contribution in [1.82, 2.24) is 4.98 Å². The quantitative estimate of drug-likeness (QED) is 0.390. The Morgan fingerprint density at radius 1 is 1.32 bits per heavy atom. The summed E-state index contributed by atoms with van der Waals surface area (Å²) in [5.74, 6) is 0.308. The van der Waals surface area contributed by atoms with Gasteiger partial charge in [-0.2, -0.15) is 0 Å². The zero-order chi connectivity index (χ0) is 24.8. The van der Waals surface area contributed by atoms with Crippen LogP contribution in [0.4, 0.5) is 0 Å². The fourth-order valence-corrected chi connectivity index (χ4v) is 4.78. The van der Waals surface area contributed by atoms with E-state index in [-0.39, 0.29) is 12.0 Å². The van der Waals surface area contributed by atoms with Crippen molar-refractivity contribution in [3.05, 3.63) is 76.7 Å². The smallest absolute Gasteiger partial charge is 0.307 e. The van der Waals surface area contributed by atoms with Gasteiger partial charge in [-0.3, -0.25) is 4.79 Å². The van der Waals surface area contributed by atoms with Crippen LogP contribution in [-0.2, 0) is 16.0 Å². The van der Waals surface area contributed by atoms with E-state index in [0.29, 0.717) is 25.3 Å². The summed E-state index contributed by atoms with van der Waals surface area (Å²) in [6.07, 6.45) is 7.05. The number of oxazole rings is 1. The van der Waals surface area contributed by atoms with Crippen molar-refractivity contribution in [2.24, 2.45) is 11.8 Å². The number of carboxylic acids is 1. The molecule has 5 heteroatoms. The Morgan fingerprint density at radius 2 is 2.03 bits per heavy atom. The molecule has 182 valence electrons. The summed E-state index contributed by atoms with van der Waals surface area (Å²) in [6, 6.07) is 8.15. The molecule has 1 fully saturated rings. The molecule has 0 bridgehead atoms. The normalized spacial score (nSPS) is 20.1. The Labute approximate surface area is 203 Å². The topological polar surface area (TPSA) is 72.6 Å². The lowest BCUT2D eigenvalue weighted by atomic mass is 9.83. The van der Waals surface area contributed by atoms with E-state index in [9.17, 15) is 9.90 Å². The molecule has 1 saturated carbocycles. The van der Waals surface area contributed by atoms with Crippen molar-refractivity contribution in [3.8, 4) is 11.5 Å². The monoisotopic (exact) mass is 463 g/mol. The first kappa shape index (κ1) is 25.7. The molecule has 3 unspecified atom stereocenters. The summed E-state index contributed by atoms with van der Waals surface area (Å²) < 4.78 is 12.0. The van der Waals surface area contributed by atoms with Gasteiger partial charge in [0.1, 0.15) is 5.76 Å². The van der Waals surface area contributed by atoms with Gasteiger partial charge in [0.25, 0.3) is 0 Å². The maximum atomic E-state index is 11.9. The fourth-order valence-electron chi connectivity index (χ4n) is 4.78. The molecule has 0 saturated heterocycles. The third-order valence-electron chi connectivity index (χ3n) is 6.52. The molecule has 2 aromatic rings. The second kappa shape index (κ2) is 11.5. The van der Waals surface area contributed by atoms with E-state index in [0.717, 1.165) is 41.0 Å². The van der Waals surface area contributed by atoms with Crippen LogP contribution in [0, 0.1) is 25.7 Å². The molecule has 3 atom stereocenters. The number of nitrogens with zero attached hydrogens (tertiary/aromatic N) is 1. The Balaban J connectivity index is 1.60. The van der Waals surface area contributed by atoms with Gasteiger partial charge in [0.15, 0.2) is 0 Å². The van der Waals surface area contributed by atoms with Crippen molar-refractivity contribution in [2.45, 2.75) is 66.4 Å². The van der Waals surface area contributed by atoms with Gasteiger partial charge >= 0.3 is 5.97 Å². The van der Waals surface area contributed by atoms with Gasteiger partial charge in [-0.25, -0.2) is 4.98 Å². The van der Waals surface area contributed by atoms with E-state index in [1.807, 2.05) is 39.8 Å². The largest absolute Gasteiger partial charge is 0.481 e. The van der Waals surface area contributed by atoms with Crippen LogP contribution in [0.2, 0.25) is 0 Å². The van der Waals surface area contributed by atoms with E-state index in [2.05, 4.69) is 42.8 Å². The average molecular weight is 464 g/mol. The third-order valence-corrected chi connectivity index (χ3v) is 6.52. The van der Waals surface area contributed by atoms with Crippen LogP contribution in [0.15, 0.2) is 64.1 Å². The fraction of sp³-hybridized carbons (Fsp3) is 0.448. The molecule has 1 aromatic heterocycles. The molecule has 5 nitrogen and oxygen atoms in total. The molecule has 3 rings (SSSR count). The summed E-state index contributed by atoms with van der Waals surface area (Å²) in [7, 11) is 0. The molecule has 1 aliphatic carbocycles. The van der Waals surface area contributed by atoms with Gasteiger partial charge in [0.05, 0.1) is 24.3 Å². The Kier molecular flexibility index (Phi) is 8.67. The first-order chi connectivity index (χ1) is 16.2. The Morgan fingerprint density at radius 3 is 2.65 bits per heavy atom. The number of hydrogen-bond acceptors (Lipinski definition) is 4. The minimum absolute atomic E-state index is 0.0237. The number of carboxylic acid groups (broad SMARTS) is 1. The minimum atomic E-state index is -0.745. The minimum Gasteiger partial charge on any atom is -0.481 e. The van der Waals surface area contributed by atoms with Crippen molar-refractivity contribution in [1.29, 1.82) is 0 Å². The standard InChI is InChI=1S/C29H37NO4/c1-7-24-23(12-13-25(24)26(29(31)32)16-18(2)3)17-20(5)33-15-14-27-21(6)34-28(30-27)22-10-8-19(4)9-11-22/h7-11,17,20,25-26H,2,12-16H2,1,3-6H3,(H,31,32)/b23-17-,24-7+. The molecule has 0 amide bonds. The van der Waals surface area contributed by atoms with Crippen LogP contribution < -0.4 is 0 Å². The van der Waals surface area contributed by atoms with E-state index >= 15 is 0 Å². The first-order valence-electron chi connectivity index (χ1n) is 12.1. The number of benzene rings is 1. The van der Waals surface area contributed by atoms with Gasteiger partial charge in [0, 0.05) is 12.0 Å². The first-order valence-corrected chi connectivity index (χ1v) is 12.1. The highest BCUT2D eigenvalue weighted by molar-refractivity contribution is 5.72. The van der Waals surface area contributed by atoms with Crippen LogP contribution in [0.5, 0.6) is 0 Å². The number of aliphatic carboxylic acids is 1. The summed E-state index contributed by atoms with van der Waals surface area (Å²) >= 11 is 0. The van der Waals surface area contributed by atoms with Crippen molar-refractivity contribution < 1.29 is 19.1 Å². The predicted molar refractivity (Wildman–Crippen MR) is 136 cm³/mol. The molecule has 0 aliphatic heterocycles. The number of carbonyl (C=O) groups is 1. The van der Waals surface area contributed by atoms with Crippen LogP contribution >= 0.6 is 0 Å². The molecular formula is C29H37NO4. The van der Waals surface area contributed by atoms with Gasteiger partial charge in [-0.1, -0.05) is 35.4 Å². The number of allylic oxidation sites excluding steroid dienone is 4. The summed E-state index contributed by atoms with van der Waals surface area (Å²) in [5.41, 5.74) is 6.33. The molecule has 0 radical (unpaired) electrons. The number of aryl methyl sites for hydroxylation is 2. The van der Waals surface area contributed by atoms with E-state index < -0.39 is 11.9 Å². The lowest BCUT2D eigenvalue weighted by molar-refractivity contribution is -0.143. The lowest BCUT2D eigenvalue weighted by Crippen LogP contribution is -2.23.